The molecular weight excluding hydrogens is 392 g/mol. The zero-order valence-electron chi connectivity index (χ0n) is 17.3. The summed E-state index contributed by atoms with van der Waals surface area (Å²) in [5.41, 5.74) is 10.4. The van der Waals surface area contributed by atoms with Gasteiger partial charge in [0.15, 0.2) is 11.5 Å². The molecule has 154 valence electrons. The molecule has 5 aromatic rings. The Bertz CT molecular complexity index is 1440. The fourth-order valence-corrected chi connectivity index (χ4v) is 4.02. The monoisotopic (exact) mass is 412 g/mol. The van der Waals surface area contributed by atoms with Gasteiger partial charge in [-0.05, 0) is 53.6 Å². The molecule has 2 aromatic carbocycles. The first-order valence-corrected chi connectivity index (χ1v) is 9.68. The van der Waals surface area contributed by atoms with Gasteiger partial charge in [-0.3, -0.25) is 9.97 Å². The van der Waals surface area contributed by atoms with Gasteiger partial charge in [-0.2, -0.15) is 0 Å². The Balaban J connectivity index is 1.99. The second kappa shape index (κ2) is 7.28. The Morgan fingerprint density at radius 3 is 2.13 bits per heavy atom. The average molecular weight is 412 g/mol. The van der Waals surface area contributed by atoms with E-state index in [2.05, 4.69) is 9.97 Å². The molecular formula is C24H20N4O3. The summed E-state index contributed by atoms with van der Waals surface area (Å²) in [5.74, 6) is 2.09. The zero-order chi connectivity index (χ0) is 21.5. The summed E-state index contributed by atoms with van der Waals surface area (Å²) in [6, 6.07) is 13.5. The highest BCUT2D eigenvalue weighted by Gasteiger charge is 2.20. The van der Waals surface area contributed by atoms with Gasteiger partial charge in [0.2, 0.25) is 5.75 Å². The summed E-state index contributed by atoms with van der Waals surface area (Å²) in [6.07, 6.45) is 3.52. The number of ether oxygens (including phenoxy) is 3. The van der Waals surface area contributed by atoms with Crippen molar-refractivity contribution in [1.29, 1.82) is 0 Å². The minimum absolute atomic E-state index is 0.433. The molecule has 0 atom stereocenters. The van der Waals surface area contributed by atoms with Gasteiger partial charge >= 0.3 is 0 Å². The number of rotatable bonds is 4. The first kappa shape index (κ1) is 18.9. The number of aromatic nitrogens is 3. The normalized spacial score (nSPS) is 11.2. The van der Waals surface area contributed by atoms with Crippen LogP contribution in [0.5, 0.6) is 17.2 Å². The quantitative estimate of drug-likeness (QED) is 0.431. The Kier molecular flexibility index (Phi) is 4.43. The van der Waals surface area contributed by atoms with Crippen molar-refractivity contribution in [1.82, 2.24) is 15.0 Å². The van der Waals surface area contributed by atoms with Crippen molar-refractivity contribution >= 4 is 38.5 Å². The lowest BCUT2D eigenvalue weighted by Crippen LogP contribution is -1.99. The number of fused-ring (bicyclic) bond motifs is 5. The lowest BCUT2D eigenvalue weighted by Gasteiger charge is -2.17. The average Bonchev–Trinajstić information content (AvgIpc) is 2.82. The van der Waals surface area contributed by atoms with Crippen molar-refractivity contribution in [2.75, 3.05) is 27.1 Å². The van der Waals surface area contributed by atoms with E-state index in [9.17, 15) is 0 Å². The van der Waals surface area contributed by atoms with E-state index in [4.69, 9.17) is 24.9 Å². The largest absolute Gasteiger partial charge is 0.493 e. The fourth-order valence-electron chi connectivity index (χ4n) is 4.02. The summed E-state index contributed by atoms with van der Waals surface area (Å²) < 4.78 is 16.6. The summed E-state index contributed by atoms with van der Waals surface area (Å²) >= 11 is 0. The van der Waals surface area contributed by atoms with Crippen LogP contribution in [0.1, 0.15) is 0 Å². The molecule has 0 radical (unpaired) electrons. The van der Waals surface area contributed by atoms with Gasteiger partial charge in [-0.25, -0.2) is 4.98 Å². The standard InChI is InChI=1S/C24H20N4O3/c1-29-18-10-13(11-19(30-2)23(18)31-3)16-12-17-14(6-4-8-26-17)22-20(16)21-15(24(25)28-22)7-5-9-27-21/h4-12H,1-3H3,(H2,25,28). The molecule has 7 heteroatoms. The van der Waals surface area contributed by atoms with Crippen molar-refractivity contribution in [3.63, 3.8) is 0 Å². The second-order valence-corrected chi connectivity index (χ2v) is 7.03. The van der Waals surface area contributed by atoms with Crippen molar-refractivity contribution in [3.8, 4) is 28.4 Å². The molecule has 31 heavy (non-hydrogen) atoms. The van der Waals surface area contributed by atoms with Crippen molar-refractivity contribution < 1.29 is 14.2 Å². The lowest BCUT2D eigenvalue weighted by atomic mass is 9.95. The summed E-state index contributed by atoms with van der Waals surface area (Å²) in [6.45, 7) is 0. The van der Waals surface area contributed by atoms with Gasteiger partial charge in [-0.15, -0.1) is 0 Å². The van der Waals surface area contributed by atoms with Gasteiger partial charge in [0.05, 0.1) is 37.9 Å². The van der Waals surface area contributed by atoms with E-state index in [1.165, 1.54) is 0 Å². The number of nitrogen functional groups attached to an aromatic ring is 1. The third-order valence-electron chi connectivity index (χ3n) is 5.41. The molecule has 0 aliphatic carbocycles. The number of hydrogen-bond donors (Lipinski definition) is 1. The van der Waals surface area contributed by atoms with E-state index in [0.29, 0.717) is 23.1 Å². The maximum Gasteiger partial charge on any atom is 0.203 e. The van der Waals surface area contributed by atoms with Crippen LogP contribution in [0, 0.1) is 0 Å². The van der Waals surface area contributed by atoms with Crippen molar-refractivity contribution in [2.24, 2.45) is 0 Å². The minimum Gasteiger partial charge on any atom is -0.493 e. The molecule has 0 spiro atoms. The maximum absolute atomic E-state index is 6.30. The van der Waals surface area contributed by atoms with Crippen LogP contribution in [0.2, 0.25) is 0 Å². The molecule has 3 aromatic heterocycles. The van der Waals surface area contributed by atoms with Crippen LogP contribution in [-0.2, 0) is 0 Å². The summed E-state index contributed by atoms with van der Waals surface area (Å²) in [7, 11) is 4.78. The van der Waals surface area contributed by atoms with Gasteiger partial charge in [0.1, 0.15) is 5.82 Å². The van der Waals surface area contributed by atoms with Gasteiger partial charge < -0.3 is 19.9 Å². The third-order valence-corrected chi connectivity index (χ3v) is 5.41. The number of pyridine rings is 3. The smallest absolute Gasteiger partial charge is 0.203 e. The van der Waals surface area contributed by atoms with Crippen LogP contribution < -0.4 is 19.9 Å². The fraction of sp³-hybridized carbons (Fsp3) is 0.125. The molecule has 5 rings (SSSR count). The van der Waals surface area contributed by atoms with E-state index in [1.54, 1.807) is 33.7 Å². The molecule has 0 saturated carbocycles. The number of benzene rings is 2. The molecule has 0 saturated heterocycles. The second-order valence-electron chi connectivity index (χ2n) is 7.03. The molecule has 0 aliphatic heterocycles. The summed E-state index contributed by atoms with van der Waals surface area (Å²) in [4.78, 5) is 14.0. The van der Waals surface area contributed by atoms with Crippen LogP contribution in [0.3, 0.4) is 0 Å². The molecule has 3 heterocycles. The van der Waals surface area contributed by atoms with Crippen LogP contribution in [-0.4, -0.2) is 36.3 Å². The van der Waals surface area contributed by atoms with Crippen LogP contribution in [0.4, 0.5) is 5.82 Å². The van der Waals surface area contributed by atoms with E-state index >= 15 is 0 Å². The highest BCUT2D eigenvalue weighted by Crippen LogP contribution is 2.44. The first-order chi connectivity index (χ1) is 15.2. The SMILES string of the molecule is COc1cc(-c2cc3ncccc3c3nc(N)c4cccnc4c23)cc(OC)c1OC. The Morgan fingerprint density at radius 2 is 1.45 bits per heavy atom. The van der Waals surface area contributed by atoms with E-state index in [0.717, 1.165) is 43.8 Å². The molecule has 0 aliphatic rings. The topological polar surface area (TPSA) is 92.4 Å². The highest BCUT2D eigenvalue weighted by atomic mass is 16.5. The number of anilines is 1. The predicted molar refractivity (Wildman–Crippen MR) is 122 cm³/mol. The number of nitrogens with two attached hydrogens (primary N) is 1. The van der Waals surface area contributed by atoms with Gasteiger partial charge in [0.25, 0.3) is 0 Å². The van der Waals surface area contributed by atoms with Crippen molar-refractivity contribution in [3.05, 3.63) is 54.9 Å². The number of methoxy groups -OCH3 is 3. The highest BCUT2D eigenvalue weighted by molar-refractivity contribution is 6.21. The van der Waals surface area contributed by atoms with E-state index in [1.807, 2.05) is 42.5 Å². The Labute approximate surface area is 178 Å². The molecule has 2 N–H and O–H groups in total. The molecule has 7 nitrogen and oxygen atoms in total. The number of nitrogens with zero attached hydrogens (tertiary/aromatic N) is 3. The van der Waals surface area contributed by atoms with Crippen LogP contribution in [0.25, 0.3) is 43.8 Å². The van der Waals surface area contributed by atoms with Gasteiger partial charge in [-0.1, -0.05) is 0 Å². The third kappa shape index (κ3) is 2.85. The van der Waals surface area contributed by atoms with E-state index < -0.39 is 0 Å². The van der Waals surface area contributed by atoms with E-state index in [-0.39, 0.29) is 0 Å². The van der Waals surface area contributed by atoms with Crippen LogP contribution in [0.15, 0.2) is 54.9 Å². The number of hydrogen-bond acceptors (Lipinski definition) is 7. The summed E-state index contributed by atoms with van der Waals surface area (Å²) in [5, 5.41) is 2.60. The van der Waals surface area contributed by atoms with Crippen molar-refractivity contribution in [2.45, 2.75) is 0 Å². The molecule has 0 unspecified atom stereocenters. The lowest BCUT2D eigenvalue weighted by molar-refractivity contribution is 0.324. The predicted octanol–water partition coefficient (Wildman–Crippen LogP) is 4.61. The Morgan fingerprint density at radius 1 is 0.774 bits per heavy atom. The Hall–Kier alpha value is -4.13. The molecule has 0 amide bonds. The minimum atomic E-state index is 0.433. The molecule has 0 bridgehead atoms. The maximum atomic E-state index is 6.30. The van der Waals surface area contributed by atoms with Gasteiger partial charge in [0, 0.05) is 28.6 Å². The molecule has 0 fully saturated rings. The van der Waals surface area contributed by atoms with Crippen LogP contribution >= 0.6 is 0 Å². The zero-order valence-corrected chi connectivity index (χ0v) is 17.3. The first-order valence-electron chi connectivity index (χ1n) is 9.68.